The lowest BCUT2D eigenvalue weighted by Gasteiger charge is -2.51. The molecule has 3 rings (SSSR count). The van der Waals surface area contributed by atoms with E-state index in [1.165, 1.54) is 0 Å². The summed E-state index contributed by atoms with van der Waals surface area (Å²) in [6.45, 7) is 8.45. The molecule has 6 nitrogen and oxygen atoms in total. The summed E-state index contributed by atoms with van der Waals surface area (Å²) in [5.74, 6) is 0. The van der Waals surface area contributed by atoms with E-state index in [2.05, 4.69) is 27.7 Å². The molecule has 1 aromatic heterocycles. The van der Waals surface area contributed by atoms with Gasteiger partial charge in [0.2, 0.25) is 0 Å². The molecular weight excluding hydrogens is 330 g/mol. The smallest absolute Gasteiger partial charge is 0.290 e. The SMILES string of the molecule is CC1(C)CCCC(C)(C)N1OC/C(=C\n1ccc2ccccc21)[N+](=O)[O-]. The van der Waals surface area contributed by atoms with Crippen molar-refractivity contribution in [2.24, 2.45) is 0 Å². The third kappa shape index (κ3) is 3.66. The van der Waals surface area contributed by atoms with E-state index in [1.54, 1.807) is 10.8 Å². The maximum atomic E-state index is 11.6. The van der Waals surface area contributed by atoms with E-state index in [9.17, 15) is 10.1 Å². The van der Waals surface area contributed by atoms with Crippen LogP contribution < -0.4 is 0 Å². The molecule has 6 heteroatoms. The number of nitrogens with zero attached hydrogens (tertiary/aromatic N) is 3. The lowest BCUT2D eigenvalue weighted by atomic mass is 9.82. The molecule has 0 bridgehead atoms. The van der Waals surface area contributed by atoms with Gasteiger partial charge in [0.05, 0.1) is 16.6 Å². The Kier molecular flexibility index (Phi) is 4.90. The fourth-order valence-corrected chi connectivity index (χ4v) is 3.97. The normalized spacial score (nSPS) is 20.4. The van der Waals surface area contributed by atoms with E-state index >= 15 is 0 Å². The average molecular weight is 357 g/mol. The van der Waals surface area contributed by atoms with Crippen molar-refractivity contribution < 1.29 is 9.76 Å². The van der Waals surface area contributed by atoms with Gasteiger partial charge in [-0.1, -0.05) is 18.2 Å². The number of fused-ring (bicyclic) bond motifs is 1. The van der Waals surface area contributed by atoms with Crippen LogP contribution in [0.15, 0.2) is 42.2 Å². The van der Waals surface area contributed by atoms with Crippen LogP contribution in [0.4, 0.5) is 0 Å². The highest BCUT2D eigenvalue weighted by Gasteiger charge is 2.43. The van der Waals surface area contributed by atoms with Crippen molar-refractivity contribution in [3.63, 3.8) is 0 Å². The van der Waals surface area contributed by atoms with Gasteiger partial charge in [0.15, 0.2) is 6.61 Å². The van der Waals surface area contributed by atoms with Crippen LogP contribution in [-0.2, 0) is 4.84 Å². The summed E-state index contributed by atoms with van der Waals surface area (Å²) in [5, 5.41) is 14.6. The fraction of sp³-hybridized carbons (Fsp3) is 0.500. The topological polar surface area (TPSA) is 60.5 Å². The lowest BCUT2D eigenvalue weighted by molar-refractivity contribution is -0.437. The third-order valence-corrected chi connectivity index (χ3v) is 5.17. The molecule has 1 aromatic carbocycles. The minimum Gasteiger partial charge on any atom is -0.317 e. The Balaban J connectivity index is 1.84. The number of hydrogen-bond acceptors (Lipinski definition) is 4. The quantitative estimate of drug-likeness (QED) is 0.575. The molecule has 1 saturated heterocycles. The summed E-state index contributed by atoms with van der Waals surface area (Å²) in [6.07, 6.45) is 6.54. The molecule has 0 aliphatic carbocycles. The molecule has 0 amide bonds. The molecule has 0 radical (unpaired) electrons. The zero-order valence-electron chi connectivity index (χ0n) is 15.9. The second-order valence-electron chi connectivity index (χ2n) is 8.21. The Labute approximate surface area is 154 Å². The summed E-state index contributed by atoms with van der Waals surface area (Å²) in [7, 11) is 0. The third-order valence-electron chi connectivity index (χ3n) is 5.17. The molecule has 26 heavy (non-hydrogen) atoms. The standard InChI is InChI=1S/C20H27N3O3/c1-19(2)11-7-12-20(3,4)23(19)26-15-17(22(24)25)14-21-13-10-16-8-5-6-9-18(16)21/h5-6,8-10,13-14H,7,11-12,15H2,1-4H3/b17-14+. The second kappa shape index (κ2) is 6.85. The number of para-hydroxylation sites is 1. The van der Waals surface area contributed by atoms with Crippen molar-refractivity contribution in [1.82, 2.24) is 9.63 Å². The summed E-state index contributed by atoms with van der Waals surface area (Å²) in [6, 6.07) is 9.76. The van der Waals surface area contributed by atoms with Crippen molar-refractivity contribution >= 4 is 17.1 Å². The van der Waals surface area contributed by atoms with Crippen LogP contribution in [0.25, 0.3) is 17.1 Å². The van der Waals surface area contributed by atoms with E-state index in [4.69, 9.17) is 4.84 Å². The molecule has 140 valence electrons. The van der Waals surface area contributed by atoms with Gasteiger partial charge in [0.25, 0.3) is 5.70 Å². The molecule has 0 atom stereocenters. The molecule has 1 aliphatic rings. The van der Waals surface area contributed by atoms with E-state index in [-0.39, 0.29) is 28.3 Å². The van der Waals surface area contributed by atoms with Gasteiger partial charge in [-0.2, -0.15) is 5.06 Å². The van der Waals surface area contributed by atoms with E-state index in [0.717, 1.165) is 30.2 Å². The predicted molar refractivity (Wildman–Crippen MR) is 103 cm³/mol. The lowest BCUT2D eigenvalue weighted by Crippen LogP contribution is -2.58. The van der Waals surface area contributed by atoms with Gasteiger partial charge in [0, 0.05) is 17.3 Å². The van der Waals surface area contributed by atoms with Gasteiger partial charge < -0.3 is 4.57 Å². The molecular formula is C20H27N3O3. The van der Waals surface area contributed by atoms with E-state index in [0.29, 0.717) is 0 Å². The highest BCUT2D eigenvalue weighted by Crippen LogP contribution is 2.38. The summed E-state index contributed by atoms with van der Waals surface area (Å²) in [4.78, 5) is 17.2. The van der Waals surface area contributed by atoms with Crippen LogP contribution >= 0.6 is 0 Å². The first kappa shape index (κ1) is 18.6. The summed E-state index contributed by atoms with van der Waals surface area (Å²) in [5.41, 5.74) is 0.668. The Morgan fingerprint density at radius 1 is 1.19 bits per heavy atom. The number of piperidine rings is 1. The van der Waals surface area contributed by atoms with Gasteiger partial charge in [-0.15, -0.1) is 0 Å². The molecule has 1 fully saturated rings. The maximum absolute atomic E-state index is 11.6. The highest BCUT2D eigenvalue weighted by atomic mass is 16.7. The Morgan fingerprint density at radius 3 is 2.50 bits per heavy atom. The maximum Gasteiger partial charge on any atom is 0.290 e. The molecule has 0 saturated carbocycles. The van der Waals surface area contributed by atoms with Gasteiger partial charge in [-0.05, 0) is 64.5 Å². The van der Waals surface area contributed by atoms with Crippen molar-refractivity contribution in [2.45, 2.75) is 58.0 Å². The first-order valence-electron chi connectivity index (χ1n) is 9.05. The largest absolute Gasteiger partial charge is 0.317 e. The summed E-state index contributed by atoms with van der Waals surface area (Å²) >= 11 is 0. The van der Waals surface area contributed by atoms with Crippen LogP contribution in [0.3, 0.4) is 0 Å². The van der Waals surface area contributed by atoms with Crippen LogP contribution in [-0.4, -0.2) is 32.2 Å². The minimum absolute atomic E-state index is 0.0310. The monoisotopic (exact) mass is 357 g/mol. The minimum atomic E-state index is -0.362. The zero-order chi connectivity index (χ0) is 18.9. The number of hydroxylamine groups is 2. The van der Waals surface area contributed by atoms with E-state index < -0.39 is 0 Å². The fourth-order valence-electron chi connectivity index (χ4n) is 3.97. The molecule has 0 N–H and O–H groups in total. The first-order chi connectivity index (χ1) is 12.2. The van der Waals surface area contributed by atoms with Crippen molar-refractivity contribution in [2.75, 3.05) is 6.61 Å². The predicted octanol–water partition coefficient (Wildman–Crippen LogP) is 4.69. The zero-order valence-corrected chi connectivity index (χ0v) is 15.9. The molecule has 2 heterocycles. The average Bonchev–Trinajstić information content (AvgIpc) is 2.95. The molecule has 0 unspecified atom stereocenters. The van der Waals surface area contributed by atoms with E-state index in [1.807, 2.05) is 41.6 Å². The van der Waals surface area contributed by atoms with Gasteiger partial charge in [-0.25, -0.2) is 0 Å². The second-order valence-corrected chi connectivity index (χ2v) is 8.21. The number of rotatable bonds is 5. The van der Waals surface area contributed by atoms with Crippen molar-refractivity contribution in [1.29, 1.82) is 0 Å². The highest BCUT2D eigenvalue weighted by molar-refractivity contribution is 5.81. The van der Waals surface area contributed by atoms with Gasteiger partial charge in [0.1, 0.15) is 0 Å². The van der Waals surface area contributed by atoms with Crippen LogP contribution in [0, 0.1) is 10.1 Å². The van der Waals surface area contributed by atoms with Crippen LogP contribution in [0.5, 0.6) is 0 Å². The number of aromatic nitrogens is 1. The van der Waals surface area contributed by atoms with Crippen molar-refractivity contribution in [3.8, 4) is 0 Å². The van der Waals surface area contributed by atoms with Crippen LogP contribution in [0.1, 0.15) is 47.0 Å². The number of nitro groups is 1. The van der Waals surface area contributed by atoms with Crippen LogP contribution in [0.2, 0.25) is 0 Å². The number of hydrogen-bond donors (Lipinski definition) is 0. The Hall–Kier alpha value is -2.18. The van der Waals surface area contributed by atoms with Crippen molar-refractivity contribution in [3.05, 3.63) is 52.3 Å². The molecule has 2 aromatic rings. The molecule has 0 spiro atoms. The number of benzene rings is 1. The van der Waals surface area contributed by atoms with Gasteiger partial charge >= 0.3 is 0 Å². The first-order valence-corrected chi connectivity index (χ1v) is 9.05. The summed E-state index contributed by atoms with van der Waals surface area (Å²) < 4.78 is 1.78. The van der Waals surface area contributed by atoms with Gasteiger partial charge in [-0.3, -0.25) is 15.0 Å². The Morgan fingerprint density at radius 2 is 1.85 bits per heavy atom. The Bertz CT molecular complexity index is 820. The molecule has 1 aliphatic heterocycles.